The van der Waals surface area contributed by atoms with Crippen molar-refractivity contribution in [2.24, 2.45) is 5.92 Å². The van der Waals surface area contributed by atoms with Gasteiger partial charge >= 0.3 is 0 Å². The Balaban J connectivity index is 3.00. The van der Waals surface area contributed by atoms with Gasteiger partial charge in [0.1, 0.15) is 0 Å². The fourth-order valence-electron chi connectivity index (χ4n) is 4.08. The highest BCUT2D eigenvalue weighted by molar-refractivity contribution is 8.18. The molecule has 1 aliphatic carbocycles. The van der Waals surface area contributed by atoms with Crippen LogP contribution >= 0.6 is 222 Å². The molecule has 1 aliphatic rings. The molecule has 0 bridgehead atoms. The predicted octanol–water partition coefficient (Wildman–Crippen LogP) is 8.41. The van der Waals surface area contributed by atoms with Gasteiger partial charge in [-0.05, 0) is 6.42 Å². The Morgan fingerprint density at radius 1 is 0.487 bits per heavy atom. The molecule has 0 saturated heterocycles. The molecule has 0 heterocycles. The van der Waals surface area contributed by atoms with E-state index in [1.165, 1.54) is 0 Å². The van der Waals surface area contributed by atoms with E-state index in [9.17, 15) is 0 Å². The van der Waals surface area contributed by atoms with E-state index in [1.54, 1.807) is 0 Å². The third-order valence-electron chi connectivity index (χ3n) is 6.15. The second-order valence-corrected chi connectivity index (χ2v) is 23.7. The molecular weight excluding hydrogens is 829 g/mol. The Bertz CT molecular complexity index is 569. The minimum Gasteiger partial charge on any atom is -0.178 e. The van der Waals surface area contributed by atoms with E-state index in [0.717, 1.165) is 49.8 Å². The lowest BCUT2D eigenvalue weighted by molar-refractivity contribution is 0.378. The van der Waals surface area contributed by atoms with Gasteiger partial charge in [0.25, 0.3) is 0 Å². The van der Waals surface area contributed by atoms with Crippen molar-refractivity contribution in [3.05, 3.63) is 0 Å². The van der Waals surface area contributed by atoms with Crippen molar-refractivity contribution < 1.29 is 0 Å². The van der Waals surface area contributed by atoms with Crippen molar-refractivity contribution >= 4 is 222 Å². The number of rotatable bonds is 23. The minimum absolute atomic E-state index is 0.171. The zero-order valence-corrected chi connectivity index (χ0v) is 36.7. The van der Waals surface area contributed by atoms with Gasteiger partial charge in [0.2, 0.25) is 0 Å². The molecule has 1 fully saturated rings. The first-order valence-corrected chi connectivity index (χ1v) is 25.2. The Morgan fingerprint density at radius 2 is 0.795 bits per heavy atom. The lowest BCUT2D eigenvalue weighted by atomic mass is 9.85. The molecule has 1 saturated carbocycles. The van der Waals surface area contributed by atoms with Gasteiger partial charge in [-0.1, -0.05) is 0 Å². The van der Waals surface area contributed by atoms with E-state index < -0.39 is 0 Å². The van der Waals surface area contributed by atoms with Crippen LogP contribution in [0.15, 0.2) is 0 Å². The molecule has 234 valence electrons. The van der Waals surface area contributed by atoms with Crippen LogP contribution in [0.5, 0.6) is 0 Å². The summed E-state index contributed by atoms with van der Waals surface area (Å²) in [4.78, 5) is 0. The summed E-state index contributed by atoms with van der Waals surface area (Å²) in [5.41, 5.74) is 0. The smallest absolute Gasteiger partial charge is 0.0552 e. The molecule has 0 radical (unpaired) electrons. The van der Waals surface area contributed by atoms with Gasteiger partial charge in [-0.3, -0.25) is 0 Å². The largest absolute Gasteiger partial charge is 0.178 e. The van der Waals surface area contributed by atoms with Crippen molar-refractivity contribution in [3.8, 4) is 0 Å². The molecule has 10 unspecified atom stereocenters. The second kappa shape index (κ2) is 25.3. The molecule has 39 heavy (non-hydrogen) atoms. The number of thioether (sulfide) groups is 6. The summed E-state index contributed by atoms with van der Waals surface area (Å²) in [5, 5.41) is 5.67. The van der Waals surface area contributed by atoms with Crippen LogP contribution in [0, 0.1) is 5.92 Å². The van der Waals surface area contributed by atoms with Gasteiger partial charge in [-0.15, -0.1) is 70.6 Å². The zero-order chi connectivity index (χ0) is 29.5. The number of hydrogen-bond acceptors (Lipinski definition) is 18. The molecule has 10 atom stereocenters. The fourth-order valence-corrected chi connectivity index (χ4v) is 19.5. The number of thiol groups is 12. The van der Waals surface area contributed by atoms with E-state index in [4.69, 9.17) is 75.8 Å². The first kappa shape index (κ1) is 43.3. The van der Waals surface area contributed by atoms with Gasteiger partial charge in [-0.2, -0.15) is 152 Å². The maximum absolute atomic E-state index is 5.14. The summed E-state index contributed by atoms with van der Waals surface area (Å²) in [6.07, 6.45) is 1.05. The van der Waals surface area contributed by atoms with Crippen LogP contribution in [0.3, 0.4) is 0 Å². The van der Waals surface area contributed by atoms with Gasteiger partial charge < -0.3 is 0 Å². The maximum atomic E-state index is 5.14. The molecule has 0 aromatic carbocycles. The molecule has 0 spiro atoms. The fraction of sp³-hybridized carbons (Fsp3) is 1.00. The van der Waals surface area contributed by atoms with Crippen LogP contribution in [0.4, 0.5) is 0 Å². The zero-order valence-electron chi connectivity index (χ0n) is 21.1. The Morgan fingerprint density at radius 3 is 1.05 bits per heavy atom. The minimum atomic E-state index is 0.171. The van der Waals surface area contributed by atoms with Crippen molar-refractivity contribution in [3.63, 3.8) is 0 Å². The number of hydrogen-bond donors (Lipinski definition) is 12. The van der Waals surface area contributed by atoms with E-state index in [2.05, 4.69) is 75.8 Å². The van der Waals surface area contributed by atoms with E-state index >= 15 is 0 Å². The first-order chi connectivity index (χ1) is 18.6. The van der Waals surface area contributed by atoms with Crippen molar-refractivity contribution in [2.75, 3.05) is 43.4 Å². The highest BCUT2D eigenvalue weighted by Gasteiger charge is 2.43. The highest BCUT2D eigenvalue weighted by Crippen LogP contribution is 2.49. The summed E-state index contributed by atoms with van der Waals surface area (Å²) < 4.78 is 0.372. The quantitative estimate of drug-likeness (QED) is 0.0366. The normalized spacial score (nSPS) is 26.6. The average Bonchev–Trinajstić information content (AvgIpc) is 2.92. The maximum Gasteiger partial charge on any atom is 0.0552 e. The van der Waals surface area contributed by atoms with Crippen LogP contribution in [0.25, 0.3) is 0 Å². The standard InChI is InChI=1S/C21H42S18/c22-2-12(30)17(36-6-24)19(38-8-26)14(32)4-34-21(16-10(28)1-11(16)29)35-5-15(33)20(39-9-27)18(37-7-25)13(31)3-23/h10-33H,1-9H2. The summed E-state index contributed by atoms with van der Waals surface area (Å²) in [7, 11) is 0. The van der Waals surface area contributed by atoms with E-state index in [1.807, 2.05) is 70.6 Å². The molecule has 0 aromatic rings. The van der Waals surface area contributed by atoms with Crippen LogP contribution < -0.4 is 0 Å². The Labute approximate surface area is 330 Å². The Kier molecular flexibility index (Phi) is 28.1. The second-order valence-electron chi connectivity index (χ2n) is 8.66. The molecular formula is C21H42S18. The van der Waals surface area contributed by atoms with Crippen molar-refractivity contribution in [1.82, 2.24) is 0 Å². The monoisotopic (exact) mass is 870 g/mol. The van der Waals surface area contributed by atoms with Crippen LogP contribution in [-0.4, -0.2) is 100 Å². The van der Waals surface area contributed by atoms with Gasteiger partial charge in [0, 0.05) is 102 Å². The average molecular weight is 872 g/mol. The van der Waals surface area contributed by atoms with E-state index in [-0.39, 0.29) is 21.0 Å². The van der Waals surface area contributed by atoms with Crippen LogP contribution in [-0.2, 0) is 0 Å². The summed E-state index contributed by atoms with van der Waals surface area (Å²) >= 11 is 68.3. The SMILES string of the molecule is SCSC(C(S)CS)C(SCS)C(S)CSC(SCC(S)C(SCS)C(SCS)C(S)CS)C1C(S)CC1S. The van der Waals surface area contributed by atoms with Gasteiger partial charge in [-0.25, -0.2) is 0 Å². The van der Waals surface area contributed by atoms with Crippen molar-refractivity contribution in [1.29, 1.82) is 0 Å². The van der Waals surface area contributed by atoms with Gasteiger partial charge in [0.15, 0.2) is 0 Å². The molecule has 0 aromatic heterocycles. The Hall–Kier alpha value is 6.30. The predicted molar refractivity (Wildman–Crippen MR) is 242 cm³/mol. The van der Waals surface area contributed by atoms with Gasteiger partial charge in [0.05, 0.1) is 4.58 Å². The summed E-state index contributed by atoms with van der Waals surface area (Å²) in [6, 6.07) is 0. The highest BCUT2D eigenvalue weighted by atomic mass is 32.2. The molecule has 0 amide bonds. The summed E-state index contributed by atoms with van der Waals surface area (Å²) in [5.74, 6) is 3.74. The molecule has 0 nitrogen and oxygen atoms in total. The van der Waals surface area contributed by atoms with Crippen molar-refractivity contribution in [2.45, 2.75) is 63.5 Å². The third-order valence-corrected chi connectivity index (χ3v) is 21.9. The van der Waals surface area contributed by atoms with Crippen LogP contribution in [0.1, 0.15) is 6.42 Å². The third kappa shape index (κ3) is 15.2. The lowest BCUT2D eigenvalue weighted by Crippen LogP contribution is -2.46. The molecule has 0 N–H and O–H groups in total. The first-order valence-electron chi connectivity index (χ1n) is 12.0. The topological polar surface area (TPSA) is 0 Å². The van der Waals surface area contributed by atoms with E-state index in [0.29, 0.717) is 42.0 Å². The summed E-state index contributed by atoms with van der Waals surface area (Å²) in [6.45, 7) is 0. The molecule has 1 rings (SSSR count). The van der Waals surface area contributed by atoms with Crippen LogP contribution in [0.2, 0.25) is 0 Å². The molecule has 18 heteroatoms. The lowest BCUT2D eigenvalue weighted by Gasteiger charge is -2.45. The molecule has 0 aliphatic heterocycles.